The molecule has 0 N–H and O–H groups in total. The second-order valence-electron chi connectivity index (χ2n) is 6.34. The van der Waals surface area contributed by atoms with E-state index in [1.165, 1.54) is 24.1 Å². The number of carbonyl (C=O) groups excluding carboxylic acids is 1. The largest absolute Gasteiger partial charge is 0.306 e. The van der Waals surface area contributed by atoms with Gasteiger partial charge >= 0.3 is 0 Å². The first-order chi connectivity index (χ1) is 9.45. The van der Waals surface area contributed by atoms with E-state index in [-0.39, 0.29) is 5.78 Å². The molecule has 1 saturated heterocycles. The molecule has 0 bridgehead atoms. The molecular weight excluding hydrogens is 248 g/mol. The molecule has 1 aliphatic heterocycles. The molecule has 0 saturated carbocycles. The van der Waals surface area contributed by atoms with Gasteiger partial charge < -0.3 is 4.90 Å². The topological polar surface area (TPSA) is 23.6 Å². The molecule has 20 heavy (non-hydrogen) atoms. The first kappa shape index (κ1) is 15.2. The number of benzene rings is 1. The van der Waals surface area contributed by atoms with Crippen molar-refractivity contribution in [2.24, 2.45) is 5.92 Å². The van der Waals surface area contributed by atoms with Crippen LogP contribution in [0.3, 0.4) is 0 Å². The molecule has 1 heterocycles. The van der Waals surface area contributed by atoms with Gasteiger partial charge in [-0.15, -0.1) is 0 Å². The second kappa shape index (κ2) is 6.51. The molecule has 2 rings (SSSR count). The van der Waals surface area contributed by atoms with Crippen molar-refractivity contribution in [1.82, 2.24) is 9.80 Å². The number of hydrogen-bond acceptors (Lipinski definition) is 3. The minimum atomic E-state index is 0.224. The van der Waals surface area contributed by atoms with E-state index >= 15 is 0 Å². The molecule has 110 valence electrons. The van der Waals surface area contributed by atoms with E-state index in [0.29, 0.717) is 12.5 Å². The van der Waals surface area contributed by atoms with Crippen LogP contribution in [-0.4, -0.2) is 55.9 Å². The lowest BCUT2D eigenvalue weighted by Crippen LogP contribution is -2.32. The minimum absolute atomic E-state index is 0.224. The van der Waals surface area contributed by atoms with Crippen LogP contribution in [0.25, 0.3) is 0 Å². The number of aryl methyl sites for hydroxylation is 2. The van der Waals surface area contributed by atoms with Crippen molar-refractivity contribution in [2.75, 3.05) is 40.3 Å². The second-order valence-corrected chi connectivity index (χ2v) is 6.34. The molecule has 0 radical (unpaired) electrons. The summed E-state index contributed by atoms with van der Waals surface area (Å²) in [6.45, 7) is 8.01. The van der Waals surface area contributed by atoms with Crippen LogP contribution in [0.2, 0.25) is 0 Å². The lowest BCUT2D eigenvalue weighted by molar-refractivity contribution is 0.0938. The fourth-order valence-electron chi connectivity index (χ4n) is 2.93. The zero-order valence-corrected chi connectivity index (χ0v) is 13.1. The van der Waals surface area contributed by atoms with E-state index in [9.17, 15) is 4.79 Å². The molecule has 1 aromatic rings. The predicted molar refractivity (Wildman–Crippen MR) is 83.3 cm³/mol. The molecular formula is C17H26N2O. The summed E-state index contributed by atoms with van der Waals surface area (Å²) in [7, 11) is 4.22. The molecule has 1 aliphatic rings. The Morgan fingerprint density at radius 3 is 2.70 bits per heavy atom. The molecule has 0 amide bonds. The summed E-state index contributed by atoms with van der Waals surface area (Å²) in [5.74, 6) is 0.930. The summed E-state index contributed by atoms with van der Waals surface area (Å²) in [5, 5.41) is 0. The third kappa shape index (κ3) is 3.90. The van der Waals surface area contributed by atoms with Crippen LogP contribution in [0.15, 0.2) is 18.2 Å². The van der Waals surface area contributed by atoms with Crippen LogP contribution in [0.4, 0.5) is 0 Å². The minimum Gasteiger partial charge on any atom is -0.306 e. The van der Waals surface area contributed by atoms with Crippen LogP contribution in [0, 0.1) is 19.8 Å². The number of nitrogens with zero attached hydrogens (tertiary/aromatic N) is 2. The number of Topliss-reactive ketones (excluding diaryl/α,β-unsaturated/α-hetero) is 1. The van der Waals surface area contributed by atoms with Gasteiger partial charge in [0.1, 0.15) is 0 Å². The van der Waals surface area contributed by atoms with E-state index in [1.807, 2.05) is 18.2 Å². The SMILES string of the molecule is Cc1ccc(C(=O)CN(C)CC2CCN(C)C2)cc1C. The number of ketones is 1. The maximum Gasteiger partial charge on any atom is 0.176 e. The van der Waals surface area contributed by atoms with E-state index < -0.39 is 0 Å². The van der Waals surface area contributed by atoms with E-state index in [4.69, 9.17) is 0 Å². The number of hydrogen-bond donors (Lipinski definition) is 0. The van der Waals surface area contributed by atoms with Crippen molar-refractivity contribution < 1.29 is 4.79 Å². The third-order valence-corrected chi connectivity index (χ3v) is 4.30. The van der Waals surface area contributed by atoms with E-state index in [2.05, 4.69) is 37.7 Å². The molecule has 0 aromatic heterocycles. The van der Waals surface area contributed by atoms with Crippen molar-refractivity contribution in [3.05, 3.63) is 34.9 Å². The van der Waals surface area contributed by atoms with Crippen molar-refractivity contribution >= 4 is 5.78 Å². The third-order valence-electron chi connectivity index (χ3n) is 4.30. The fraction of sp³-hybridized carbons (Fsp3) is 0.588. The Balaban J connectivity index is 1.88. The standard InChI is InChI=1S/C17H26N2O/c1-13-5-6-16(9-14(13)2)17(20)12-19(4)11-15-7-8-18(3)10-15/h5-6,9,15H,7-8,10-12H2,1-4H3. The van der Waals surface area contributed by atoms with Crippen LogP contribution in [0.1, 0.15) is 27.9 Å². The summed E-state index contributed by atoms with van der Waals surface area (Å²) in [6, 6.07) is 5.99. The van der Waals surface area contributed by atoms with Crippen molar-refractivity contribution in [2.45, 2.75) is 20.3 Å². The molecule has 1 fully saturated rings. The van der Waals surface area contributed by atoms with Gasteiger partial charge in [-0.1, -0.05) is 12.1 Å². The van der Waals surface area contributed by atoms with Crippen LogP contribution >= 0.6 is 0 Å². The van der Waals surface area contributed by atoms with Gasteiger partial charge in [-0.25, -0.2) is 0 Å². The van der Waals surface area contributed by atoms with E-state index in [1.54, 1.807) is 0 Å². The monoisotopic (exact) mass is 274 g/mol. The molecule has 1 unspecified atom stereocenters. The Hall–Kier alpha value is -1.19. The Morgan fingerprint density at radius 2 is 2.10 bits per heavy atom. The van der Waals surface area contributed by atoms with Crippen molar-refractivity contribution in [3.8, 4) is 0 Å². The average molecular weight is 274 g/mol. The maximum atomic E-state index is 12.3. The highest BCUT2D eigenvalue weighted by molar-refractivity contribution is 5.97. The smallest absolute Gasteiger partial charge is 0.176 e. The highest BCUT2D eigenvalue weighted by atomic mass is 16.1. The highest BCUT2D eigenvalue weighted by Gasteiger charge is 2.21. The van der Waals surface area contributed by atoms with Gasteiger partial charge in [-0.3, -0.25) is 9.69 Å². The fourth-order valence-corrected chi connectivity index (χ4v) is 2.93. The van der Waals surface area contributed by atoms with Crippen molar-refractivity contribution in [1.29, 1.82) is 0 Å². The molecule has 0 spiro atoms. The summed E-state index contributed by atoms with van der Waals surface area (Å²) in [6.07, 6.45) is 1.25. The lowest BCUT2D eigenvalue weighted by Gasteiger charge is -2.20. The van der Waals surface area contributed by atoms with Gasteiger partial charge in [-0.2, -0.15) is 0 Å². The van der Waals surface area contributed by atoms with Crippen LogP contribution in [-0.2, 0) is 0 Å². The first-order valence-corrected chi connectivity index (χ1v) is 7.43. The Bertz CT molecular complexity index is 484. The summed E-state index contributed by atoms with van der Waals surface area (Å²) in [4.78, 5) is 16.8. The summed E-state index contributed by atoms with van der Waals surface area (Å²) < 4.78 is 0. The van der Waals surface area contributed by atoms with Gasteiger partial charge in [0, 0.05) is 18.7 Å². The Kier molecular flexibility index (Phi) is 4.95. The lowest BCUT2D eigenvalue weighted by atomic mass is 10.0. The molecule has 1 atom stereocenters. The zero-order chi connectivity index (χ0) is 14.7. The normalized spacial score (nSPS) is 19.8. The van der Waals surface area contributed by atoms with Gasteiger partial charge in [0.25, 0.3) is 0 Å². The predicted octanol–water partition coefficient (Wildman–Crippen LogP) is 2.37. The summed E-state index contributed by atoms with van der Waals surface area (Å²) >= 11 is 0. The molecule has 1 aromatic carbocycles. The van der Waals surface area contributed by atoms with Crippen LogP contribution < -0.4 is 0 Å². The van der Waals surface area contributed by atoms with Crippen molar-refractivity contribution in [3.63, 3.8) is 0 Å². The van der Waals surface area contributed by atoms with Gasteiger partial charge in [-0.05, 0) is 64.0 Å². The quantitative estimate of drug-likeness (QED) is 0.770. The number of likely N-dealkylation sites (N-methyl/N-ethyl adjacent to an activating group) is 1. The van der Waals surface area contributed by atoms with Gasteiger partial charge in [0.15, 0.2) is 5.78 Å². The number of likely N-dealkylation sites (tertiary alicyclic amines) is 1. The maximum absolute atomic E-state index is 12.3. The van der Waals surface area contributed by atoms with Gasteiger partial charge in [0.05, 0.1) is 6.54 Å². The average Bonchev–Trinajstić information content (AvgIpc) is 2.77. The van der Waals surface area contributed by atoms with Crippen LogP contribution in [0.5, 0.6) is 0 Å². The highest BCUT2D eigenvalue weighted by Crippen LogP contribution is 2.16. The number of rotatable bonds is 5. The van der Waals surface area contributed by atoms with Gasteiger partial charge in [0.2, 0.25) is 0 Å². The van der Waals surface area contributed by atoms with E-state index in [0.717, 1.165) is 18.7 Å². The Morgan fingerprint density at radius 1 is 1.35 bits per heavy atom. The molecule has 3 heteroatoms. The molecule has 3 nitrogen and oxygen atoms in total. The summed E-state index contributed by atoms with van der Waals surface area (Å²) in [5.41, 5.74) is 3.27. The first-order valence-electron chi connectivity index (χ1n) is 7.43. The molecule has 0 aliphatic carbocycles. The number of carbonyl (C=O) groups is 1. The Labute approximate surface area is 122 Å². The zero-order valence-electron chi connectivity index (χ0n) is 13.1.